The first-order chi connectivity index (χ1) is 26.8. The molecule has 54 heavy (non-hydrogen) atoms. The van der Waals surface area contributed by atoms with E-state index in [-0.39, 0.29) is 0 Å². The van der Waals surface area contributed by atoms with Crippen molar-refractivity contribution in [3.8, 4) is 44.5 Å². The fourth-order valence-corrected chi connectivity index (χ4v) is 7.86. The highest BCUT2D eigenvalue weighted by atomic mass is 16.3. The summed E-state index contributed by atoms with van der Waals surface area (Å²) in [6.45, 7) is 0. The molecule has 0 radical (unpaired) electrons. The highest BCUT2D eigenvalue weighted by Crippen LogP contribution is 2.45. The largest absolute Gasteiger partial charge is 0.455 e. The molecule has 0 unspecified atom stereocenters. The zero-order valence-electron chi connectivity index (χ0n) is 29.6. The van der Waals surface area contributed by atoms with E-state index in [1.54, 1.807) is 0 Å². The van der Waals surface area contributed by atoms with Crippen molar-refractivity contribution >= 4 is 49.8 Å². The van der Waals surface area contributed by atoms with Crippen molar-refractivity contribution in [3.05, 3.63) is 212 Å². The van der Waals surface area contributed by atoms with E-state index in [0.29, 0.717) is 0 Å². The van der Waals surface area contributed by atoms with Gasteiger partial charge in [0, 0.05) is 39.3 Å². The second kappa shape index (κ2) is 13.4. The molecule has 0 aliphatic heterocycles. The Morgan fingerprint density at radius 3 is 1.63 bits per heavy atom. The van der Waals surface area contributed by atoms with E-state index in [9.17, 15) is 0 Å². The van der Waals surface area contributed by atoms with Crippen LogP contribution in [0, 0.1) is 0 Å². The van der Waals surface area contributed by atoms with Gasteiger partial charge in [-0.15, -0.1) is 0 Å². The number of para-hydroxylation sites is 1. The van der Waals surface area contributed by atoms with Crippen LogP contribution in [-0.2, 0) is 0 Å². The Morgan fingerprint density at radius 2 is 0.870 bits per heavy atom. The summed E-state index contributed by atoms with van der Waals surface area (Å²) >= 11 is 0. The summed E-state index contributed by atoms with van der Waals surface area (Å²) in [5.41, 5.74) is 14.2. The van der Waals surface area contributed by atoms with Crippen molar-refractivity contribution in [2.45, 2.75) is 0 Å². The molecule has 0 atom stereocenters. The summed E-state index contributed by atoms with van der Waals surface area (Å²) in [5, 5.41) is 4.69. The van der Waals surface area contributed by atoms with Crippen molar-refractivity contribution in [2.24, 2.45) is 0 Å². The second-order valence-corrected chi connectivity index (χ2v) is 13.7. The number of benzene rings is 9. The fourth-order valence-electron chi connectivity index (χ4n) is 7.86. The van der Waals surface area contributed by atoms with E-state index in [1.165, 1.54) is 33.0 Å². The topological polar surface area (TPSA) is 16.4 Å². The summed E-state index contributed by atoms with van der Waals surface area (Å²) in [6, 6.07) is 75.8. The summed E-state index contributed by atoms with van der Waals surface area (Å²) in [7, 11) is 0. The van der Waals surface area contributed by atoms with Crippen molar-refractivity contribution in [2.75, 3.05) is 4.90 Å². The minimum absolute atomic E-state index is 0.852. The molecule has 2 heteroatoms. The van der Waals surface area contributed by atoms with Gasteiger partial charge in [-0.1, -0.05) is 170 Å². The van der Waals surface area contributed by atoms with Gasteiger partial charge in [0.2, 0.25) is 0 Å². The molecule has 10 rings (SSSR count). The lowest BCUT2D eigenvalue weighted by Crippen LogP contribution is -2.11. The third kappa shape index (κ3) is 5.62. The van der Waals surface area contributed by atoms with Crippen molar-refractivity contribution in [1.82, 2.24) is 0 Å². The standard InChI is InChI=1S/C52H35NO/c1-4-14-36(15-5-1)41-28-33-50(49(34-41)39-18-8-3-9-19-39)53(42-29-26-40(27-30-42)45-23-12-21-37-20-10-11-22-44(37)45)43-31-32-47-48-25-13-24-46(38-16-6-2-7-17-38)52(48)54-51(47)35-43/h1-35H. The molecule has 0 N–H and O–H groups in total. The van der Waals surface area contributed by atoms with Crippen LogP contribution in [0.1, 0.15) is 0 Å². The predicted molar refractivity (Wildman–Crippen MR) is 228 cm³/mol. The number of nitrogens with zero attached hydrogens (tertiary/aromatic N) is 1. The molecule has 254 valence electrons. The smallest absolute Gasteiger partial charge is 0.143 e. The van der Waals surface area contributed by atoms with Gasteiger partial charge in [0.25, 0.3) is 0 Å². The zero-order chi connectivity index (χ0) is 35.8. The monoisotopic (exact) mass is 689 g/mol. The molecule has 9 aromatic carbocycles. The van der Waals surface area contributed by atoms with E-state index in [2.05, 4.69) is 211 Å². The summed E-state index contributed by atoms with van der Waals surface area (Å²) in [6.07, 6.45) is 0. The fraction of sp³-hybridized carbons (Fsp3) is 0. The third-order valence-corrected chi connectivity index (χ3v) is 10.5. The molecule has 0 saturated heterocycles. The molecule has 1 aromatic heterocycles. The van der Waals surface area contributed by atoms with Crippen LogP contribution in [0.4, 0.5) is 17.1 Å². The highest BCUT2D eigenvalue weighted by molar-refractivity contribution is 6.10. The average Bonchev–Trinajstić information content (AvgIpc) is 3.63. The lowest BCUT2D eigenvalue weighted by atomic mass is 9.95. The van der Waals surface area contributed by atoms with Gasteiger partial charge >= 0.3 is 0 Å². The molecule has 0 saturated carbocycles. The quantitative estimate of drug-likeness (QED) is 0.166. The molecular formula is C52H35NO. The average molecular weight is 690 g/mol. The van der Waals surface area contributed by atoms with Crippen molar-refractivity contribution in [1.29, 1.82) is 0 Å². The maximum absolute atomic E-state index is 6.78. The van der Waals surface area contributed by atoms with E-state index in [4.69, 9.17) is 4.42 Å². The first-order valence-electron chi connectivity index (χ1n) is 18.4. The summed E-state index contributed by atoms with van der Waals surface area (Å²) in [4.78, 5) is 2.37. The lowest BCUT2D eigenvalue weighted by molar-refractivity contribution is 0.670. The molecule has 0 aliphatic rings. The van der Waals surface area contributed by atoms with Crippen LogP contribution >= 0.6 is 0 Å². The number of fused-ring (bicyclic) bond motifs is 4. The van der Waals surface area contributed by atoms with Crippen LogP contribution in [-0.4, -0.2) is 0 Å². The zero-order valence-corrected chi connectivity index (χ0v) is 29.6. The summed E-state index contributed by atoms with van der Waals surface area (Å²) < 4.78 is 6.78. The highest BCUT2D eigenvalue weighted by Gasteiger charge is 2.21. The van der Waals surface area contributed by atoms with Crippen LogP contribution in [0.15, 0.2) is 217 Å². The Morgan fingerprint density at radius 1 is 0.315 bits per heavy atom. The van der Waals surface area contributed by atoms with Gasteiger partial charge in [-0.2, -0.15) is 0 Å². The van der Waals surface area contributed by atoms with E-state index >= 15 is 0 Å². The van der Waals surface area contributed by atoms with E-state index < -0.39 is 0 Å². The number of rotatable bonds is 7. The van der Waals surface area contributed by atoms with Gasteiger partial charge in [0.1, 0.15) is 11.2 Å². The molecule has 1 heterocycles. The first-order valence-corrected chi connectivity index (χ1v) is 18.4. The maximum Gasteiger partial charge on any atom is 0.143 e. The molecule has 0 spiro atoms. The predicted octanol–water partition coefficient (Wildman–Crippen LogP) is 14.9. The van der Waals surface area contributed by atoms with Crippen LogP contribution in [0.5, 0.6) is 0 Å². The molecule has 0 amide bonds. The second-order valence-electron chi connectivity index (χ2n) is 13.7. The minimum Gasteiger partial charge on any atom is -0.455 e. The van der Waals surface area contributed by atoms with Gasteiger partial charge in [-0.3, -0.25) is 0 Å². The van der Waals surface area contributed by atoms with E-state index in [0.717, 1.165) is 61.3 Å². The molecule has 2 nitrogen and oxygen atoms in total. The Balaban J connectivity index is 1.17. The van der Waals surface area contributed by atoms with Gasteiger partial charge < -0.3 is 9.32 Å². The third-order valence-electron chi connectivity index (χ3n) is 10.5. The minimum atomic E-state index is 0.852. The number of furan rings is 1. The van der Waals surface area contributed by atoms with Gasteiger partial charge in [-0.05, 0) is 80.6 Å². The lowest BCUT2D eigenvalue weighted by Gasteiger charge is -2.28. The van der Waals surface area contributed by atoms with Gasteiger partial charge in [-0.25, -0.2) is 0 Å². The Hall–Kier alpha value is -7.16. The van der Waals surface area contributed by atoms with Crippen molar-refractivity contribution < 1.29 is 4.42 Å². The number of anilines is 3. The van der Waals surface area contributed by atoms with Gasteiger partial charge in [0.15, 0.2) is 0 Å². The number of hydrogen-bond acceptors (Lipinski definition) is 2. The summed E-state index contributed by atoms with van der Waals surface area (Å²) in [5.74, 6) is 0. The SMILES string of the molecule is c1ccc(-c2ccc(N(c3ccc(-c4cccc5ccccc45)cc3)c3ccc4c(c3)oc3c(-c5ccccc5)cccc34)c(-c3ccccc3)c2)cc1. The normalized spacial score (nSPS) is 11.3. The first kappa shape index (κ1) is 31.6. The molecular weight excluding hydrogens is 655 g/mol. The Kier molecular flexibility index (Phi) is 7.85. The Labute approximate surface area is 314 Å². The Bertz CT molecular complexity index is 2910. The maximum atomic E-state index is 6.78. The number of hydrogen-bond donors (Lipinski definition) is 0. The molecule has 0 fully saturated rings. The van der Waals surface area contributed by atoms with E-state index in [1.807, 2.05) is 6.07 Å². The van der Waals surface area contributed by atoms with Crippen LogP contribution in [0.2, 0.25) is 0 Å². The van der Waals surface area contributed by atoms with Crippen LogP contribution in [0.3, 0.4) is 0 Å². The van der Waals surface area contributed by atoms with Gasteiger partial charge in [0.05, 0.1) is 5.69 Å². The molecule has 0 bridgehead atoms. The van der Waals surface area contributed by atoms with Crippen LogP contribution in [0.25, 0.3) is 77.2 Å². The van der Waals surface area contributed by atoms with Crippen molar-refractivity contribution in [3.63, 3.8) is 0 Å². The molecule has 10 aromatic rings. The van der Waals surface area contributed by atoms with Crippen LogP contribution < -0.4 is 4.90 Å². The molecule has 0 aliphatic carbocycles.